The predicted octanol–water partition coefficient (Wildman–Crippen LogP) is 4.74. The Bertz CT molecular complexity index is 1040. The molecule has 0 radical (unpaired) electrons. The van der Waals surface area contributed by atoms with Crippen LogP contribution in [0.4, 0.5) is 0 Å². The van der Waals surface area contributed by atoms with Gasteiger partial charge in [0.2, 0.25) is 0 Å². The molecule has 3 aromatic rings. The van der Waals surface area contributed by atoms with Gasteiger partial charge < -0.3 is 18.2 Å². The first-order valence-electron chi connectivity index (χ1n) is 9.80. The van der Waals surface area contributed by atoms with Gasteiger partial charge in [0.05, 0.1) is 23.7 Å². The quantitative estimate of drug-likeness (QED) is 0.549. The topological polar surface area (TPSA) is 49.7 Å². The van der Waals surface area contributed by atoms with E-state index in [9.17, 15) is 4.79 Å². The van der Waals surface area contributed by atoms with E-state index in [0.29, 0.717) is 5.92 Å². The number of hydrogen-bond acceptors (Lipinski definition) is 5. The highest BCUT2D eigenvalue weighted by Gasteiger charge is 2.25. The normalized spacial score (nSPS) is 16.1. The van der Waals surface area contributed by atoms with Crippen LogP contribution in [0, 0.1) is 5.92 Å². The van der Waals surface area contributed by atoms with Crippen LogP contribution in [0.1, 0.15) is 24.5 Å². The second kappa shape index (κ2) is 9.03. The van der Waals surface area contributed by atoms with Crippen LogP contribution in [0.2, 0.25) is 0 Å². The molecule has 5 nitrogen and oxygen atoms in total. The van der Waals surface area contributed by atoms with Gasteiger partial charge in [-0.1, -0.05) is 12.1 Å². The summed E-state index contributed by atoms with van der Waals surface area (Å²) in [5.41, 5.74) is 2.03. The lowest BCUT2D eigenvalue weighted by Gasteiger charge is -2.29. The summed E-state index contributed by atoms with van der Waals surface area (Å²) in [6, 6.07) is 17.5. The van der Waals surface area contributed by atoms with E-state index in [1.54, 1.807) is 24.8 Å². The average Bonchev–Trinajstić information content (AvgIpc) is 2.76. The van der Waals surface area contributed by atoms with Crippen molar-refractivity contribution in [1.29, 1.82) is 0 Å². The number of methoxy groups -OCH3 is 1. The molecule has 1 saturated heterocycles. The van der Waals surface area contributed by atoms with Crippen LogP contribution in [-0.4, -0.2) is 24.9 Å². The molecule has 1 atom stereocenters. The molecule has 29 heavy (non-hydrogen) atoms. The van der Waals surface area contributed by atoms with Gasteiger partial charge in [-0.15, -0.1) is 0 Å². The van der Waals surface area contributed by atoms with Crippen molar-refractivity contribution in [2.75, 3.05) is 20.3 Å². The van der Waals surface area contributed by atoms with Crippen LogP contribution >= 0.6 is 12.0 Å². The third-order valence-electron chi connectivity index (χ3n) is 5.47. The van der Waals surface area contributed by atoms with E-state index in [1.807, 2.05) is 36.4 Å². The Morgan fingerprint density at radius 1 is 1.10 bits per heavy atom. The van der Waals surface area contributed by atoms with Crippen LogP contribution in [0.5, 0.6) is 5.75 Å². The second-order valence-electron chi connectivity index (χ2n) is 7.30. The zero-order chi connectivity index (χ0) is 20.2. The Morgan fingerprint density at radius 2 is 1.93 bits per heavy atom. The third kappa shape index (κ3) is 4.50. The summed E-state index contributed by atoms with van der Waals surface area (Å²) in [5, 5.41) is 1.01. The summed E-state index contributed by atoms with van der Waals surface area (Å²) in [7, 11) is 3.55. The Hall–Kier alpha value is -2.28. The van der Waals surface area contributed by atoms with Gasteiger partial charge in [-0.25, -0.2) is 0 Å². The van der Waals surface area contributed by atoms with Gasteiger partial charge in [-0.05, 0) is 66.1 Å². The van der Waals surface area contributed by atoms with Crippen molar-refractivity contribution in [2.24, 2.45) is 13.0 Å². The van der Waals surface area contributed by atoms with Crippen molar-refractivity contribution in [1.82, 2.24) is 4.57 Å². The molecule has 0 aliphatic carbocycles. The molecule has 0 saturated carbocycles. The minimum absolute atomic E-state index is 0.0109. The van der Waals surface area contributed by atoms with Gasteiger partial charge in [-0.3, -0.25) is 4.79 Å². The van der Waals surface area contributed by atoms with Crippen molar-refractivity contribution in [2.45, 2.75) is 23.8 Å². The Balaban J connectivity index is 1.48. The maximum atomic E-state index is 11.8. The van der Waals surface area contributed by atoms with Crippen LogP contribution in [0.3, 0.4) is 0 Å². The number of benzene rings is 2. The monoisotopic (exact) mass is 411 g/mol. The average molecular weight is 412 g/mol. The lowest BCUT2D eigenvalue weighted by Crippen LogP contribution is -2.23. The van der Waals surface area contributed by atoms with E-state index in [2.05, 4.69) is 12.1 Å². The number of aromatic nitrogens is 1. The number of ether oxygens (including phenoxy) is 2. The maximum Gasteiger partial charge on any atom is 0.250 e. The van der Waals surface area contributed by atoms with Crippen molar-refractivity contribution < 1.29 is 13.7 Å². The molecule has 1 fully saturated rings. The molecule has 1 unspecified atom stereocenters. The number of aryl methyl sites for hydroxylation is 1. The van der Waals surface area contributed by atoms with Gasteiger partial charge in [-0.2, -0.15) is 0 Å². The van der Waals surface area contributed by atoms with Gasteiger partial charge in [0, 0.05) is 38.3 Å². The van der Waals surface area contributed by atoms with Gasteiger partial charge in [0.15, 0.2) is 0 Å². The molecule has 0 bridgehead atoms. The fraction of sp³-hybridized carbons (Fsp3) is 0.348. The van der Waals surface area contributed by atoms with E-state index >= 15 is 0 Å². The van der Waals surface area contributed by atoms with E-state index in [-0.39, 0.29) is 11.7 Å². The van der Waals surface area contributed by atoms with Gasteiger partial charge in [0.25, 0.3) is 5.56 Å². The number of fused-ring (bicyclic) bond motifs is 1. The minimum atomic E-state index is -0.0109. The molecule has 0 N–H and O–H groups in total. The molecule has 0 spiro atoms. The molecule has 2 heterocycles. The van der Waals surface area contributed by atoms with Gasteiger partial charge in [0.1, 0.15) is 5.75 Å². The summed E-state index contributed by atoms with van der Waals surface area (Å²) < 4.78 is 18.9. The summed E-state index contributed by atoms with van der Waals surface area (Å²) in [6.07, 6.45) is 2.07. The second-order valence-corrected chi connectivity index (χ2v) is 8.10. The summed E-state index contributed by atoms with van der Waals surface area (Å²) in [6.45, 7) is 1.59. The number of nitrogens with zero attached hydrogens (tertiary/aromatic N) is 1. The Labute approximate surface area is 174 Å². The van der Waals surface area contributed by atoms with E-state index in [0.717, 1.165) is 53.2 Å². The van der Waals surface area contributed by atoms with Crippen LogP contribution in [0.25, 0.3) is 10.9 Å². The molecule has 1 aromatic heterocycles. The van der Waals surface area contributed by atoms with Gasteiger partial charge >= 0.3 is 0 Å². The molecule has 4 rings (SSSR count). The highest BCUT2D eigenvalue weighted by Crippen LogP contribution is 2.35. The fourth-order valence-electron chi connectivity index (χ4n) is 3.87. The maximum absolute atomic E-state index is 11.8. The highest BCUT2D eigenvalue weighted by atomic mass is 32.2. The molecule has 152 valence electrons. The molecular formula is C23H25NO4S. The molecule has 1 aliphatic heterocycles. The molecular weight excluding hydrogens is 386 g/mol. The smallest absolute Gasteiger partial charge is 0.250 e. The summed E-state index contributed by atoms with van der Waals surface area (Å²) in [5.74, 6) is 1.26. The number of rotatable bonds is 6. The van der Waals surface area contributed by atoms with Crippen LogP contribution in [-0.2, 0) is 16.5 Å². The Morgan fingerprint density at radius 3 is 2.72 bits per heavy atom. The first-order chi connectivity index (χ1) is 14.2. The first-order valence-corrected chi connectivity index (χ1v) is 10.5. The lowest BCUT2D eigenvalue weighted by atomic mass is 9.89. The van der Waals surface area contributed by atoms with Crippen molar-refractivity contribution in [3.05, 3.63) is 70.5 Å². The van der Waals surface area contributed by atoms with Crippen LogP contribution in [0.15, 0.2) is 64.3 Å². The largest absolute Gasteiger partial charge is 0.421 e. The predicted molar refractivity (Wildman–Crippen MR) is 115 cm³/mol. The summed E-state index contributed by atoms with van der Waals surface area (Å²) in [4.78, 5) is 12.8. The zero-order valence-electron chi connectivity index (χ0n) is 16.7. The molecule has 2 aromatic carbocycles. The Kier molecular flexibility index (Phi) is 6.23. The SMILES string of the molecule is COC(c1cccc(OSc2ccc3c(ccc(=O)n3C)c2)c1)C1CCOCC1. The lowest BCUT2D eigenvalue weighted by molar-refractivity contribution is -0.0145. The van der Waals surface area contributed by atoms with E-state index < -0.39 is 0 Å². The third-order valence-corrected chi connectivity index (χ3v) is 6.19. The zero-order valence-corrected chi connectivity index (χ0v) is 17.5. The molecule has 1 aliphatic rings. The van der Waals surface area contributed by atoms with E-state index in [1.165, 1.54) is 12.0 Å². The van der Waals surface area contributed by atoms with Crippen molar-refractivity contribution in [3.63, 3.8) is 0 Å². The fourth-order valence-corrected chi connectivity index (χ4v) is 4.47. The molecule has 6 heteroatoms. The standard InChI is InChI=1S/C23H25NO4S/c1-24-21-8-7-20(15-17(21)6-9-22(24)25)29-28-19-5-3-4-18(14-19)23(26-2)16-10-12-27-13-11-16/h3-9,14-16,23H,10-13H2,1-2H3. The van der Waals surface area contributed by atoms with E-state index in [4.69, 9.17) is 13.7 Å². The highest BCUT2D eigenvalue weighted by molar-refractivity contribution is 7.95. The van der Waals surface area contributed by atoms with Crippen molar-refractivity contribution >= 4 is 22.9 Å². The summed E-state index contributed by atoms with van der Waals surface area (Å²) >= 11 is 1.31. The molecule has 0 amide bonds. The number of hydrogen-bond donors (Lipinski definition) is 0. The first kappa shape index (κ1) is 20.0. The minimum Gasteiger partial charge on any atom is -0.421 e. The number of pyridine rings is 1. The van der Waals surface area contributed by atoms with Crippen molar-refractivity contribution in [3.8, 4) is 5.75 Å². The van der Waals surface area contributed by atoms with Crippen LogP contribution < -0.4 is 9.74 Å².